The van der Waals surface area contributed by atoms with E-state index in [4.69, 9.17) is 4.84 Å². The Morgan fingerprint density at radius 2 is 1.90 bits per heavy atom. The van der Waals surface area contributed by atoms with Crippen LogP contribution in [0.4, 0.5) is 0 Å². The number of hydrogen-bond acceptors (Lipinski definition) is 8. The van der Waals surface area contributed by atoms with Gasteiger partial charge in [0.05, 0.1) is 0 Å². The van der Waals surface area contributed by atoms with E-state index in [0.29, 0.717) is 5.06 Å². The normalized spacial score (nSPS) is 15.0. The van der Waals surface area contributed by atoms with Crippen molar-refractivity contribution in [2.24, 2.45) is 7.05 Å². The van der Waals surface area contributed by atoms with Crippen LogP contribution in [0.1, 0.15) is 23.3 Å². The van der Waals surface area contributed by atoms with Crippen LogP contribution in [0.5, 0.6) is 0 Å². The zero-order valence-corrected chi connectivity index (χ0v) is 10.7. The number of imidazole rings is 1. The van der Waals surface area contributed by atoms with Crippen LogP contribution in [0.25, 0.3) is 5.65 Å². The van der Waals surface area contributed by atoms with Crippen molar-refractivity contribution in [3.63, 3.8) is 0 Å². The van der Waals surface area contributed by atoms with E-state index < -0.39 is 23.5 Å². The van der Waals surface area contributed by atoms with Gasteiger partial charge >= 0.3 is 11.7 Å². The summed E-state index contributed by atoms with van der Waals surface area (Å²) in [5.74, 6) is -2.29. The van der Waals surface area contributed by atoms with Crippen molar-refractivity contribution in [2.75, 3.05) is 0 Å². The van der Waals surface area contributed by atoms with Crippen LogP contribution in [0.3, 0.4) is 0 Å². The Balaban J connectivity index is 1.96. The highest BCUT2D eigenvalue weighted by Crippen LogP contribution is 2.14. The van der Waals surface area contributed by atoms with Gasteiger partial charge in [-0.3, -0.25) is 9.59 Å². The van der Waals surface area contributed by atoms with Gasteiger partial charge in [0.15, 0.2) is 11.3 Å². The summed E-state index contributed by atoms with van der Waals surface area (Å²) in [5.41, 5.74) is -0.991. The van der Waals surface area contributed by atoms with Crippen molar-refractivity contribution in [3.05, 3.63) is 22.5 Å². The van der Waals surface area contributed by atoms with Crippen molar-refractivity contribution < 1.29 is 19.2 Å². The summed E-state index contributed by atoms with van der Waals surface area (Å²) in [6, 6.07) is 0. The third-order valence-corrected chi connectivity index (χ3v) is 2.87. The van der Waals surface area contributed by atoms with Crippen LogP contribution in [0.15, 0.2) is 11.1 Å². The summed E-state index contributed by atoms with van der Waals surface area (Å²) >= 11 is 0. The Morgan fingerprint density at radius 3 is 2.57 bits per heavy atom. The molecule has 0 aromatic carbocycles. The highest BCUT2D eigenvalue weighted by Gasteiger charge is 2.34. The average Bonchev–Trinajstić information content (AvgIpc) is 3.01. The lowest BCUT2D eigenvalue weighted by Gasteiger charge is -2.11. The van der Waals surface area contributed by atoms with Gasteiger partial charge in [-0.2, -0.15) is 4.68 Å². The van der Waals surface area contributed by atoms with Gasteiger partial charge in [-0.25, -0.2) is 19.0 Å². The van der Waals surface area contributed by atoms with Gasteiger partial charge in [0.2, 0.25) is 0 Å². The number of nitrogens with zero attached hydrogens (tertiary/aromatic N) is 6. The third kappa shape index (κ3) is 1.94. The summed E-state index contributed by atoms with van der Waals surface area (Å²) in [6.45, 7) is 0. The zero-order chi connectivity index (χ0) is 15.1. The molecule has 0 N–H and O–H groups in total. The quantitative estimate of drug-likeness (QED) is 0.584. The average molecular weight is 292 g/mol. The molecule has 2 amide bonds. The van der Waals surface area contributed by atoms with E-state index in [1.54, 1.807) is 0 Å². The van der Waals surface area contributed by atoms with E-state index in [2.05, 4.69) is 15.3 Å². The van der Waals surface area contributed by atoms with Gasteiger partial charge in [-0.05, 0) is 0 Å². The van der Waals surface area contributed by atoms with Crippen molar-refractivity contribution >= 4 is 23.4 Å². The largest absolute Gasteiger partial charge is 0.386 e. The van der Waals surface area contributed by atoms with Crippen molar-refractivity contribution in [2.45, 2.75) is 12.8 Å². The molecule has 3 heterocycles. The SMILES string of the molecule is Cn1nnc2c(C(=O)ON3C(=O)CCC3=O)ncn2c1=O. The minimum absolute atomic E-state index is 0.0175. The molecule has 2 aromatic rings. The summed E-state index contributed by atoms with van der Waals surface area (Å²) in [4.78, 5) is 54.8. The lowest BCUT2D eigenvalue weighted by atomic mass is 10.4. The maximum atomic E-state index is 11.9. The Morgan fingerprint density at radius 1 is 1.24 bits per heavy atom. The summed E-state index contributed by atoms with van der Waals surface area (Å²) in [5, 5.41) is 7.57. The second kappa shape index (κ2) is 4.47. The first-order valence-electron chi connectivity index (χ1n) is 5.84. The number of carbonyl (C=O) groups excluding carboxylic acids is 3. The zero-order valence-electron chi connectivity index (χ0n) is 10.7. The molecule has 0 unspecified atom stereocenters. The summed E-state index contributed by atoms with van der Waals surface area (Å²) < 4.78 is 1.95. The molecule has 3 rings (SSSR count). The number of aryl methyl sites for hydroxylation is 1. The van der Waals surface area contributed by atoms with E-state index in [9.17, 15) is 19.2 Å². The highest BCUT2D eigenvalue weighted by atomic mass is 16.7. The topological polar surface area (TPSA) is 129 Å². The third-order valence-electron chi connectivity index (χ3n) is 2.87. The van der Waals surface area contributed by atoms with Crippen LogP contribution in [-0.2, 0) is 21.5 Å². The molecular weight excluding hydrogens is 284 g/mol. The molecule has 0 saturated carbocycles. The molecule has 0 spiro atoms. The lowest BCUT2D eigenvalue weighted by Crippen LogP contribution is -2.32. The first-order valence-corrected chi connectivity index (χ1v) is 5.84. The number of aromatic nitrogens is 5. The maximum Gasteiger partial charge on any atom is 0.386 e. The standard InChI is InChI=1S/C10H8N6O5/c1-14-10(20)15-4-11-7(8(15)12-13-14)9(19)21-16-5(17)2-3-6(16)18/h4H,2-3H2,1H3. The first-order chi connectivity index (χ1) is 9.99. The maximum absolute atomic E-state index is 11.9. The fraction of sp³-hybridized carbons (Fsp3) is 0.300. The number of rotatable bonds is 2. The number of imide groups is 1. The molecule has 0 aliphatic carbocycles. The van der Waals surface area contributed by atoms with Crippen molar-refractivity contribution in [3.8, 4) is 0 Å². The van der Waals surface area contributed by atoms with Gasteiger partial charge in [0.25, 0.3) is 11.8 Å². The smallest absolute Gasteiger partial charge is 0.323 e. The molecule has 0 bridgehead atoms. The predicted molar refractivity (Wildman–Crippen MR) is 62.5 cm³/mol. The minimum atomic E-state index is -1.07. The molecular formula is C10H8N6O5. The molecule has 1 saturated heterocycles. The molecule has 0 atom stereocenters. The summed E-state index contributed by atoms with van der Waals surface area (Å²) in [7, 11) is 1.38. The fourth-order valence-corrected chi connectivity index (χ4v) is 1.81. The molecule has 21 heavy (non-hydrogen) atoms. The highest BCUT2D eigenvalue weighted by molar-refractivity contribution is 6.03. The van der Waals surface area contributed by atoms with Gasteiger partial charge in [-0.15, -0.1) is 10.2 Å². The molecule has 1 aliphatic rings. The van der Waals surface area contributed by atoms with Crippen LogP contribution < -0.4 is 5.69 Å². The van der Waals surface area contributed by atoms with E-state index in [1.165, 1.54) is 7.05 Å². The van der Waals surface area contributed by atoms with E-state index in [-0.39, 0.29) is 24.2 Å². The molecule has 2 aromatic heterocycles. The van der Waals surface area contributed by atoms with Gasteiger partial charge in [0.1, 0.15) is 6.33 Å². The summed E-state index contributed by atoms with van der Waals surface area (Å²) in [6.07, 6.45) is 1.05. The Kier molecular flexibility index (Phi) is 2.75. The van der Waals surface area contributed by atoms with Crippen molar-refractivity contribution in [1.29, 1.82) is 0 Å². The number of carbonyl (C=O) groups is 3. The van der Waals surface area contributed by atoms with E-state index in [1.807, 2.05) is 0 Å². The molecule has 1 aliphatic heterocycles. The molecule has 11 heteroatoms. The number of fused-ring (bicyclic) bond motifs is 1. The van der Waals surface area contributed by atoms with Gasteiger partial charge < -0.3 is 4.84 Å². The van der Waals surface area contributed by atoms with Crippen molar-refractivity contribution in [1.82, 2.24) is 29.4 Å². The predicted octanol–water partition coefficient (Wildman–Crippen LogP) is -1.96. The van der Waals surface area contributed by atoms with Crippen LogP contribution >= 0.6 is 0 Å². The lowest BCUT2D eigenvalue weighted by molar-refractivity contribution is -0.172. The van der Waals surface area contributed by atoms with Crippen LogP contribution in [0, 0.1) is 0 Å². The van der Waals surface area contributed by atoms with Gasteiger partial charge in [-0.1, -0.05) is 5.21 Å². The number of hydrogen-bond donors (Lipinski definition) is 0. The molecule has 0 radical (unpaired) electrons. The molecule has 11 nitrogen and oxygen atoms in total. The van der Waals surface area contributed by atoms with Crippen LogP contribution in [-0.4, -0.2) is 47.2 Å². The molecule has 108 valence electrons. The van der Waals surface area contributed by atoms with E-state index >= 15 is 0 Å². The molecule has 1 fully saturated rings. The first kappa shape index (κ1) is 12.9. The van der Waals surface area contributed by atoms with Crippen LogP contribution in [0.2, 0.25) is 0 Å². The number of amides is 2. The second-order valence-corrected chi connectivity index (χ2v) is 4.24. The Bertz CT molecular complexity index is 820. The fourth-order valence-electron chi connectivity index (χ4n) is 1.81. The number of hydroxylamine groups is 2. The Labute approximate surface area is 115 Å². The monoisotopic (exact) mass is 292 g/mol. The van der Waals surface area contributed by atoms with E-state index in [0.717, 1.165) is 15.4 Å². The second-order valence-electron chi connectivity index (χ2n) is 4.24. The van der Waals surface area contributed by atoms with Gasteiger partial charge in [0, 0.05) is 19.9 Å². The minimum Gasteiger partial charge on any atom is -0.323 e. The Hall–Kier alpha value is -3.11.